The molecule has 0 bridgehead atoms. The molecule has 0 radical (unpaired) electrons. The molecular formula is C19H32N4O3S. The SMILES string of the molecule is CCCCN(C(=O)CSC1CCCC1)c1c(N)n(CC(C)C)c(=O)[nH]c1=O. The van der Waals surface area contributed by atoms with Crippen molar-refractivity contribution in [2.45, 2.75) is 71.1 Å². The van der Waals surface area contributed by atoms with E-state index in [0.717, 1.165) is 25.7 Å². The van der Waals surface area contributed by atoms with Crippen molar-refractivity contribution in [2.75, 3.05) is 22.9 Å². The Morgan fingerprint density at radius 3 is 2.59 bits per heavy atom. The Bertz CT molecular complexity index is 750. The number of hydrogen-bond acceptors (Lipinski definition) is 5. The second-order valence-corrected chi connectivity index (χ2v) is 8.90. The van der Waals surface area contributed by atoms with E-state index in [9.17, 15) is 14.4 Å². The molecule has 1 aliphatic rings. The van der Waals surface area contributed by atoms with E-state index in [-0.39, 0.29) is 23.3 Å². The van der Waals surface area contributed by atoms with Gasteiger partial charge in [-0.15, -0.1) is 11.8 Å². The predicted octanol–water partition coefficient (Wildman–Crippen LogP) is 2.58. The molecule has 0 spiro atoms. The molecule has 0 aromatic carbocycles. The van der Waals surface area contributed by atoms with Crippen molar-refractivity contribution in [1.82, 2.24) is 9.55 Å². The third-order valence-electron chi connectivity index (χ3n) is 4.81. The van der Waals surface area contributed by atoms with Crippen LogP contribution in [0.5, 0.6) is 0 Å². The highest BCUT2D eigenvalue weighted by atomic mass is 32.2. The Labute approximate surface area is 164 Å². The smallest absolute Gasteiger partial charge is 0.330 e. The summed E-state index contributed by atoms with van der Waals surface area (Å²) in [6, 6.07) is 0. The summed E-state index contributed by atoms with van der Waals surface area (Å²) in [5.74, 6) is 0.470. The van der Waals surface area contributed by atoms with Crippen molar-refractivity contribution in [3.05, 3.63) is 20.8 Å². The molecule has 7 nitrogen and oxygen atoms in total. The van der Waals surface area contributed by atoms with Gasteiger partial charge in [-0.2, -0.15) is 0 Å². The Balaban J connectivity index is 2.32. The summed E-state index contributed by atoms with van der Waals surface area (Å²) >= 11 is 1.67. The third-order valence-corrected chi connectivity index (χ3v) is 6.17. The highest BCUT2D eigenvalue weighted by Crippen LogP contribution is 2.30. The summed E-state index contributed by atoms with van der Waals surface area (Å²) in [7, 11) is 0. The van der Waals surface area contributed by atoms with Gasteiger partial charge in [-0.1, -0.05) is 40.0 Å². The normalized spacial score (nSPS) is 14.8. The zero-order valence-electron chi connectivity index (χ0n) is 16.6. The molecule has 1 amide bonds. The Morgan fingerprint density at radius 2 is 2.00 bits per heavy atom. The van der Waals surface area contributed by atoms with Crippen LogP contribution in [-0.2, 0) is 11.3 Å². The Hall–Kier alpha value is -1.70. The van der Waals surface area contributed by atoms with Crippen LogP contribution in [0, 0.1) is 5.92 Å². The van der Waals surface area contributed by atoms with E-state index < -0.39 is 11.2 Å². The van der Waals surface area contributed by atoms with Gasteiger partial charge >= 0.3 is 5.69 Å². The maximum absolute atomic E-state index is 12.9. The van der Waals surface area contributed by atoms with Crippen LogP contribution in [0.2, 0.25) is 0 Å². The zero-order chi connectivity index (χ0) is 20.0. The molecule has 1 aromatic heterocycles. The number of hydrogen-bond donors (Lipinski definition) is 2. The zero-order valence-corrected chi connectivity index (χ0v) is 17.4. The monoisotopic (exact) mass is 396 g/mol. The first-order chi connectivity index (χ1) is 12.8. The van der Waals surface area contributed by atoms with E-state index in [1.807, 2.05) is 20.8 Å². The molecule has 1 saturated carbocycles. The van der Waals surface area contributed by atoms with E-state index in [2.05, 4.69) is 4.98 Å². The second-order valence-electron chi connectivity index (χ2n) is 7.61. The minimum atomic E-state index is -0.590. The maximum Gasteiger partial charge on any atom is 0.330 e. The number of nitrogens with one attached hydrogen (secondary N) is 1. The average molecular weight is 397 g/mol. The minimum Gasteiger partial charge on any atom is -0.383 e. The van der Waals surface area contributed by atoms with Crippen LogP contribution < -0.4 is 21.9 Å². The molecule has 1 fully saturated rings. The largest absolute Gasteiger partial charge is 0.383 e. The van der Waals surface area contributed by atoms with Gasteiger partial charge in [0.1, 0.15) is 5.82 Å². The van der Waals surface area contributed by atoms with E-state index in [1.54, 1.807) is 11.8 Å². The topological polar surface area (TPSA) is 101 Å². The van der Waals surface area contributed by atoms with Gasteiger partial charge < -0.3 is 10.6 Å². The number of nitrogens with two attached hydrogens (primary N) is 1. The average Bonchev–Trinajstić information content (AvgIpc) is 3.12. The fraction of sp³-hybridized carbons (Fsp3) is 0.737. The number of anilines is 2. The lowest BCUT2D eigenvalue weighted by Gasteiger charge is -2.25. The molecule has 152 valence electrons. The van der Waals surface area contributed by atoms with Crippen LogP contribution in [-0.4, -0.2) is 33.0 Å². The lowest BCUT2D eigenvalue weighted by atomic mass is 10.2. The van der Waals surface area contributed by atoms with Crippen LogP contribution >= 0.6 is 11.8 Å². The Morgan fingerprint density at radius 1 is 1.33 bits per heavy atom. The maximum atomic E-state index is 12.9. The molecule has 0 saturated heterocycles. The fourth-order valence-electron chi connectivity index (χ4n) is 3.38. The van der Waals surface area contributed by atoms with Crippen LogP contribution in [0.3, 0.4) is 0 Å². The van der Waals surface area contributed by atoms with Gasteiger partial charge in [0.25, 0.3) is 5.56 Å². The van der Waals surface area contributed by atoms with E-state index in [0.29, 0.717) is 24.1 Å². The molecule has 1 heterocycles. The molecule has 0 atom stereocenters. The molecule has 1 aliphatic carbocycles. The number of H-pyrrole nitrogens is 1. The van der Waals surface area contributed by atoms with Crippen LogP contribution in [0.25, 0.3) is 0 Å². The number of aromatic amines is 1. The standard InChI is InChI=1S/C19H32N4O3S/c1-4-5-10-22(15(24)12-27-14-8-6-7-9-14)16-17(20)23(11-13(2)3)19(26)21-18(16)25/h13-14H,4-12,20H2,1-3H3,(H,21,25,26). The molecular weight excluding hydrogens is 364 g/mol. The van der Waals surface area contributed by atoms with Crippen LogP contribution in [0.1, 0.15) is 59.3 Å². The number of nitrogens with zero attached hydrogens (tertiary/aromatic N) is 2. The lowest BCUT2D eigenvalue weighted by Crippen LogP contribution is -2.42. The first-order valence-electron chi connectivity index (χ1n) is 9.89. The molecule has 0 aliphatic heterocycles. The molecule has 1 aromatic rings. The number of rotatable bonds is 9. The number of amides is 1. The molecule has 8 heteroatoms. The van der Waals surface area contributed by atoms with E-state index in [4.69, 9.17) is 5.73 Å². The molecule has 0 unspecified atom stereocenters. The van der Waals surface area contributed by atoms with Crippen molar-refractivity contribution in [1.29, 1.82) is 0 Å². The summed E-state index contributed by atoms with van der Waals surface area (Å²) in [4.78, 5) is 41.4. The molecule has 27 heavy (non-hydrogen) atoms. The lowest BCUT2D eigenvalue weighted by molar-refractivity contribution is -0.116. The van der Waals surface area contributed by atoms with Gasteiger partial charge in [0, 0.05) is 18.3 Å². The number of nitrogen functional groups attached to an aromatic ring is 1. The summed E-state index contributed by atoms with van der Waals surface area (Å²) < 4.78 is 1.36. The van der Waals surface area contributed by atoms with Crippen molar-refractivity contribution in [3.63, 3.8) is 0 Å². The van der Waals surface area contributed by atoms with Gasteiger partial charge in [0.05, 0.1) is 5.75 Å². The first kappa shape index (κ1) is 21.6. The number of carbonyl (C=O) groups excluding carboxylic acids is 1. The Kier molecular flexibility index (Phi) is 8.01. The van der Waals surface area contributed by atoms with Gasteiger partial charge in [0.2, 0.25) is 5.91 Å². The van der Waals surface area contributed by atoms with Gasteiger partial charge in [-0.25, -0.2) is 4.79 Å². The summed E-state index contributed by atoms with van der Waals surface area (Å²) in [5.41, 5.74) is 5.20. The quantitative estimate of drug-likeness (QED) is 0.668. The minimum absolute atomic E-state index is 0.0766. The molecule has 3 N–H and O–H groups in total. The second kappa shape index (κ2) is 10.0. The van der Waals surface area contributed by atoms with Crippen molar-refractivity contribution in [2.24, 2.45) is 5.92 Å². The van der Waals surface area contributed by atoms with Crippen LogP contribution in [0.15, 0.2) is 9.59 Å². The van der Waals surface area contributed by atoms with Gasteiger partial charge in [-0.05, 0) is 25.2 Å². The van der Waals surface area contributed by atoms with Gasteiger partial charge in [-0.3, -0.25) is 19.1 Å². The summed E-state index contributed by atoms with van der Waals surface area (Å²) in [6.07, 6.45) is 6.39. The highest BCUT2D eigenvalue weighted by molar-refractivity contribution is 8.00. The number of aromatic nitrogens is 2. The van der Waals surface area contributed by atoms with E-state index >= 15 is 0 Å². The van der Waals surface area contributed by atoms with Gasteiger partial charge in [0.15, 0.2) is 5.69 Å². The van der Waals surface area contributed by atoms with E-state index in [1.165, 1.54) is 22.3 Å². The van der Waals surface area contributed by atoms with Crippen molar-refractivity contribution < 1.29 is 4.79 Å². The summed E-state index contributed by atoms with van der Waals surface area (Å²) in [6.45, 7) is 6.78. The van der Waals surface area contributed by atoms with Crippen molar-refractivity contribution in [3.8, 4) is 0 Å². The third kappa shape index (κ3) is 5.64. The van der Waals surface area contributed by atoms with Crippen LogP contribution in [0.4, 0.5) is 11.5 Å². The van der Waals surface area contributed by atoms with Crippen molar-refractivity contribution >= 4 is 29.2 Å². The number of carbonyl (C=O) groups is 1. The summed E-state index contributed by atoms with van der Waals surface area (Å²) in [5, 5.41) is 0.521. The predicted molar refractivity (Wildman–Crippen MR) is 113 cm³/mol. The number of unbranched alkanes of at least 4 members (excludes halogenated alkanes) is 1. The fourth-order valence-corrected chi connectivity index (χ4v) is 4.58. The first-order valence-corrected chi connectivity index (χ1v) is 10.9. The number of thioether (sulfide) groups is 1. The molecule has 2 rings (SSSR count). The highest BCUT2D eigenvalue weighted by Gasteiger charge is 2.25.